The molecule has 2 aliphatic rings. The highest BCUT2D eigenvalue weighted by molar-refractivity contribution is 5.87. The van der Waals surface area contributed by atoms with Crippen LogP contribution in [0, 0.1) is 5.92 Å². The smallest absolute Gasteiger partial charge is 0.237 e. The number of hydrogen-bond acceptors (Lipinski definition) is 4. The predicted molar refractivity (Wildman–Crippen MR) is 111 cm³/mol. The number of fused-ring (bicyclic) bond motifs is 1. The van der Waals surface area contributed by atoms with Gasteiger partial charge in [-0.2, -0.15) is 0 Å². The SMILES string of the molecule is COc1ccc2c(c1)c(CN1CCCC(C(=O)N3CCCC3)C1)cn2CC(N)=O. The van der Waals surface area contributed by atoms with Crippen LogP contribution in [0.1, 0.15) is 31.2 Å². The molecule has 156 valence electrons. The number of carbonyl (C=O) groups excluding carboxylic acids is 2. The van der Waals surface area contributed by atoms with Crippen LogP contribution in [0.25, 0.3) is 10.9 Å². The molecule has 2 aliphatic heterocycles. The van der Waals surface area contributed by atoms with E-state index in [1.807, 2.05) is 33.9 Å². The third-order valence-corrected chi connectivity index (χ3v) is 6.16. The molecule has 1 unspecified atom stereocenters. The van der Waals surface area contributed by atoms with Crippen LogP contribution in [0.15, 0.2) is 24.4 Å². The molecule has 3 heterocycles. The number of primary amides is 1. The van der Waals surface area contributed by atoms with Crippen molar-refractivity contribution in [2.45, 2.75) is 38.8 Å². The average Bonchev–Trinajstić information content (AvgIpc) is 3.36. The average molecular weight is 399 g/mol. The number of nitrogens with two attached hydrogens (primary N) is 1. The molecule has 2 amide bonds. The minimum absolute atomic E-state index is 0.0929. The molecule has 0 aliphatic carbocycles. The Hall–Kier alpha value is -2.54. The van der Waals surface area contributed by atoms with Gasteiger partial charge in [0, 0.05) is 43.3 Å². The van der Waals surface area contributed by atoms with Gasteiger partial charge in [0.15, 0.2) is 0 Å². The van der Waals surface area contributed by atoms with Crippen molar-refractivity contribution in [1.29, 1.82) is 0 Å². The highest BCUT2D eigenvalue weighted by Gasteiger charge is 2.30. The molecule has 0 spiro atoms. The maximum atomic E-state index is 12.8. The summed E-state index contributed by atoms with van der Waals surface area (Å²) in [6.45, 7) is 4.50. The Bertz CT molecular complexity index is 901. The summed E-state index contributed by atoms with van der Waals surface area (Å²) in [6, 6.07) is 5.88. The van der Waals surface area contributed by atoms with Crippen LogP contribution in [-0.2, 0) is 22.7 Å². The molecule has 2 N–H and O–H groups in total. The molecule has 4 rings (SSSR count). The normalized spacial score (nSPS) is 20.3. The summed E-state index contributed by atoms with van der Waals surface area (Å²) < 4.78 is 7.30. The zero-order chi connectivity index (χ0) is 20.4. The molecule has 1 atom stereocenters. The van der Waals surface area contributed by atoms with E-state index < -0.39 is 0 Å². The highest BCUT2D eigenvalue weighted by atomic mass is 16.5. The minimum Gasteiger partial charge on any atom is -0.497 e. The van der Waals surface area contributed by atoms with Crippen LogP contribution in [0.4, 0.5) is 0 Å². The van der Waals surface area contributed by atoms with E-state index in [-0.39, 0.29) is 18.4 Å². The van der Waals surface area contributed by atoms with Crippen molar-refractivity contribution < 1.29 is 14.3 Å². The summed E-state index contributed by atoms with van der Waals surface area (Å²) >= 11 is 0. The summed E-state index contributed by atoms with van der Waals surface area (Å²) in [4.78, 5) is 28.8. The van der Waals surface area contributed by atoms with Crippen LogP contribution in [0.2, 0.25) is 0 Å². The van der Waals surface area contributed by atoms with E-state index >= 15 is 0 Å². The molecule has 2 saturated heterocycles. The van der Waals surface area contributed by atoms with E-state index in [9.17, 15) is 9.59 Å². The van der Waals surface area contributed by atoms with Crippen LogP contribution in [0.5, 0.6) is 5.75 Å². The Labute approximate surface area is 171 Å². The molecule has 1 aromatic carbocycles. The predicted octanol–water partition coefficient (Wildman–Crippen LogP) is 1.97. The number of amides is 2. The Morgan fingerprint density at radius 1 is 1.17 bits per heavy atom. The first kappa shape index (κ1) is 19.8. The Balaban J connectivity index is 1.54. The lowest BCUT2D eigenvalue weighted by Crippen LogP contribution is -2.43. The second-order valence-corrected chi connectivity index (χ2v) is 8.24. The van der Waals surface area contributed by atoms with Crippen LogP contribution < -0.4 is 10.5 Å². The maximum absolute atomic E-state index is 12.8. The molecule has 29 heavy (non-hydrogen) atoms. The van der Waals surface area contributed by atoms with Gasteiger partial charge in [0.25, 0.3) is 0 Å². The summed E-state index contributed by atoms with van der Waals surface area (Å²) in [7, 11) is 1.65. The van der Waals surface area contributed by atoms with Crippen LogP contribution in [-0.4, -0.2) is 59.5 Å². The van der Waals surface area contributed by atoms with E-state index in [1.54, 1.807) is 7.11 Å². The number of likely N-dealkylation sites (tertiary alicyclic amines) is 2. The lowest BCUT2D eigenvalue weighted by Gasteiger charge is -2.33. The van der Waals surface area contributed by atoms with E-state index in [0.29, 0.717) is 5.91 Å². The van der Waals surface area contributed by atoms with Crippen molar-refractivity contribution in [1.82, 2.24) is 14.4 Å². The molecular formula is C22H30N4O3. The quantitative estimate of drug-likeness (QED) is 0.807. The molecule has 7 nitrogen and oxygen atoms in total. The summed E-state index contributed by atoms with van der Waals surface area (Å²) in [5, 5.41) is 1.07. The molecular weight excluding hydrogens is 368 g/mol. The number of carbonyl (C=O) groups is 2. The minimum atomic E-state index is -0.362. The van der Waals surface area contributed by atoms with Crippen molar-refractivity contribution in [3.8, 4) is 5.75 Å². The van der Waals surface area contributed by atoms with Gasteiger partial charge in [-0.15, -0.1) is 0 Å². The van der Waals surface area contributed by atoms with Gasteiger partial charge in [-0.05, 0) is 56.0 Å². The van der Waals surface area contributed by atoms with E-state index in [4.69, 9.17) is 10.5 Å². The molecule has 0 saturated carbocycles. The number of nitrogens with zero attached hydrogens (tertiary/aromatic N) is 3. The molecule has 2 fully saturated rings. The molecule has 0 bridgehead atoms. The highest BCUT2D eigenvalue weighted by Crippen LogP contribution is 2.29. The summed E-state index contributed by atoms with van der Waals surface area (Å²) in [5.74, 6) is 0.843. The van der Waals surface area contributed by atoms with Crippen molar-refractivity contribution in [3.63, 3.8) is 0 Å². The fraction of sp³-hybridized carbons (Fsp3) is 0.545. The zero-order valence-electron chi connectivity index (χ0n) is 17.1. The number of benzene rings is 1. The van der Waals surface area contributed by atoms with Gasteiger partial charge in [-0.3, -0.25) is 14.5 Å². The first-order valence-electron chi connectivity index (χ1n) is 10.5. The van der Waals surface area contributed by atoms with Crippen molar-refractivity contribution >= 4 is 22.7 Å². The number of rotatable bonds is 6. The van der Waals surface area contributed by atoms with Crippen molar-refractivity contribution in [2.24, 2.45) is 11.7 Å². The summed E-state index contributed by atoms with van der Waals surface area (Å²) in [5.41, 5.74) is 7.55. The Morgan fingerprint density at radius 3 is 2.69 bits per heavy atom. The largest absolute Gasteiger partial charge is 0.497 e. The molecule has 2 aromatic rings. The van der Waals surface area contributed by atoms with Crippen molar-refractivity contribution in [3.05, 3.63) is 30.0 Å². The van der Waals surface area contributed by atoms with Gasteiger partial charge in [0.1, 0.15) is 12.3 Å². The lowest BCUT2D eigenvalue weighted by molar-refractivity contribution is -0.136. The fourth-order valence-electron chi connectivity index (χ4n) is 4.74. The number of hydrogen-bond donors (Lipinski definition) is 1. The third-order valence-electron chi connectivity index (χ3n) is 6.16. The monoisotopic (exact) mass is 398 g/mol. The van der Waals surface area contributed by atoms with E-state index in [1.165, 1.54) is 0 Å². The standard InChI is InChI=1S/C22H30N4O3/c1-29-18-6-7-20-19(11-18)17(14-26(20)15-21(23)27)13-24-8-4-5-16(12-24)22(28)25-9-2-3-10-25/h6-7,11,14,16H,2-5,8-10,12-13,15H2,1H3,(H2,23,27). The van der Waals surface area contributed by atoms with Gasteiger partial charge in [-0.25, -0.2) is 0 Å². The number of aromatic nitrogens is 1. The second-order valence-electron chi connectivity index (χ2n) is 8.24. The van der Waals surface area contributed by atoms with Crippen LogP contribution in [0.3, 0.4) is 0 Å². The first-order valence-corrected chi connectivity index (χ1v) is 10.5. The lowest BCUT2D eigenvalue weighted by atomic mass is 9.96. The first-order chi connectivity index (χ1) is 14.0. The number of methoxy groups -OCH3 is 1. The van der Waals surface area contributed by atoms with Gasteiger partial charge < -0.3 is 19.9 Å². The molecule has 7 heteroatoms. The van der Waals surface area contributed by atoms with E-state index in [0.717, 1.165) is 80.6 Å². The van der Waals surface area contributed by atoms with Gasteiger partial charge in [-0.1, -0.05) is 0 Å². The Morgan fingerprint density at radius 2 is 1.97 bits per heavy atom. The topological polar surface area (TPSA) is 80.8 Å². The summed E-state index contributed by atoms with van der Waals surface area (Å²) in [6.07, 6.45) is 6.28. The maximum Gasteiger partial charge on any atom is 0.237 e. The second kappa shape index (κ2) is 8.45. The van der Waals surface area contributed by atoms with E-state index in [2.05, 4.69) is 4.90 Å². The van der Waals surface area contributed by atoms with Gasteiger partial charge >= 0.3 is 0 Å². The van der Waals surface area contributed by atoms with Gasteiger partial charge in [0.2, 0.25) is 11.8 Å². The number of ether oxygens (including phenoxy) is 1. The molecule has 1 aromatic heterocycles. The fourth-order valence-corrected chi connectivity index (χ4v) is 4.74. The molecule has 0 radical (unpaired) electrons. The van der Waals surface area contributed by atoms with Crippen LogP contribution >= 0.6 is 0 Å². The zero-order valence-corrected chi connectivity index (χ0v) is 17.1. The Kier molecular flexibility index (Phi) is 5.76. The van der Waals surface area contributed by atoms with Crippen molar-refractivity contribution in [2.75, 3.05) is 33.3 Å². The van der Waals surface area contributed by atoms with Gasteiger partial charge in [0.05, 0.1) is 13.0 Å². The third kappa shape index (κ3) is 4.24. The number of piperidine rings is 1.